The van der Waals surface area contributed by atoms with Crippen LogP contribution in [0.5, 0.6) is 0 Å². The maximum absolute atomic E-state index is 6.71. The minimum absolute atomic E-state index is 0.443. The van der Waals surface area contributed by atoms with Crippen molar-refractivity contribution < 1.29 is 19.1 Å². The Morgan fingerprint density at radius 3 is 2.42 bits per heavy atom. The van der Waals surface area contributed by atoms with E-state index < -0.39 is 27.5 Å². The van der Waals surface area contributed by atoms with Crippen molar-refractivity contribution in [3.8, 4) is 0 Å². The summed E-state index contributed by atoms with van der Waals surface area (Å²) in [5, 5.41) is 1.60. The van der Waals surface area contributed by atoms with Crippen LogP contribution in [0.1, 0.15) is 40.5 Å². The molecule has 0 amide bonds. The van der Waals surface area contributed by atoms with Crippen molar-refractivity contribution in [2.45, 2.75) is 53.6 Å². The van der Waals surface area contributed by atoms with Crippen molar-refractivity contribution in [2.75, 3.05) is 0 Å². The fraction of sp³-hybridized carbons (Fsp3) is 0.409. The predicted molar refractivity (Wildman–Crippen MR) is 116 cm³/mol. The molecule has 3 aliphatic rings. The number of fused-ring (bicyclic) bond motifs is 1. The molecule has 0 saturated heterocycles. The topological polar surface area (TPSA) is 0 Å². The number of hydrogen-bond donors (Lipinski definition) is 0. The third-order valence-corrected chi connectivity index (χ3v) is 14.2. The fourth-order valence-corrected chi connectivity index (χ4v) is 12.9. The van der Waals surface area contributed by atoms with Crippen LogP contribution in [0.25, 0.3) is 0 Å². The Balaban J connectivity index is 2.34. The molecule has 0 nitrogen and oxygen atoms in total. The van der Waals surface area contributed by atoms with Gasteiger partial charge in [-0.15, -0.1) is 0 Å². The van der Waals surface area contributed by atoms with Crippen LogP contribution in [-0.4, -0.2) is 13.6 Å². The second kappa shape index (κ2) is 8.15. The second-order valence-electron chi connectivity index (χ2n) is 7.57. The monoisotopic (exact) mass is 569 g/mol. The van der Waals surface area contributed by atoms with Crippen molar-refractivity contribution in [1.29, 1.82) is 0 Å². The summed E-state index contributed by atoms with van der Waals surface area (Å²) in [5.41, 5.74) is 10.2. The first kappa shape index (κ1) is 20.7. The van der Waals surface area contributed by atoms with Crippen LogP contribution in [0.15, 0.2) is 66.6 Å². The van der Waals surface area contributed by atoms with Crippen LogP contribution >= 0.6 is 17.2 Å². The first-order chi connectivity index (χ1) is 12.3. The molecule has 0 aromatic carbocycles. The summed E-state index contributed by atoms with van der Waals surface area (Å²) in [7, 11) is 12.9. The zero-order valence-electron chi connectivity index (χ0n) is 16.6. The molecule has 0 aromatic heterocycles. The molecule has 1 atom stereocenters. The van der Waals surface area contributed by atoms with Crippen LogP contribution < -0.4 is 0 Å². The molecule has 26 heavy (non-hydrogen) atoms. The van der Waals surface area contributed by atoms with Crippen molar-refractivity contribution in [1.82, 2.24) is 0 Å². The Morgan fingerprint density at radius 2 is 1.92 bits per heavy atom. The molecule has 0 saturated carbocycles. The van der Waals surface area contributed by atoms with Crippen LogP contribution in [0, 0.1) is 5.92 Å². The molecule has 0 heterocycles. The first-order valence-corrected chi connectivity index (χ1v) is 22.6. The van der Waals surface area contributed by atoms with Gasteiger partial charge in [0.1, 0.15) is 0 Å². The van der Waals surface area contributed by atoms with E-state index in [9.17, 15) is 0 Å². The van der Waals surface area contributed by atoms with Gasteiger partial charge in [-0.05, 0) is 0 Å². The Bertz CT molecular complexity index is 872. The Kier molecular flexibility index (Phi) is 6.49. The number of allylic oxidation sites excluding steroid dienone is 12. The molecule has 1 unspecified atom stereocenters. The Morgan fingerprint density at radius 1 is 1.23 bits per heavy atom. The molecular weight excluding hydrogens is 542 g/mol. The maximum atomic E-state index is 6.71. The van der Waals surface area contributed by atoms with Gasteiger partial charge in [-0.1, -0.05) is 0 Å². The van der Waals surface area contributed by atoms with Crippen LogP contribution in [0.2, 0.25) is 13.1 Å². The average molecular weight is 569 g/mol. The molecule has 137 valence electrons. The van der Waals surface area contributed by atoms with Gasteiger partial charge in [-0.2, -0.15) is 0 Å². The van der Waals surface area contributed by atoms with E-state index in [0.29, 0.717) is 5.92 Å². The van der Waals surface area contributed by atoms with Crippen molar-refractivity contribution in [3.63, 3.8) is 0 Å². The normalized spacial score (nSPS) is 22.8. The zero-order chi connectivity index (χ0) is 19.2. The fourth-order valence-electron chi connectivity index (χ4n) is 4.49. The summed E-state index contributed by atoms with van der Waals surface area (Å²) in [6, 6.07) is 0. The van der Waals surface area contributed by atoms with E-state index in [-0.39, 0.29) is 0 Å². The summed E-state index contributed by atoms with van der Waals surface area (Å²) in [4.78, 5) is 0. The van der Waals surface area contributed by atoms with Gasteiger partial charge in [-0.25, -0.2) is 0 Å². The third-order valence-electron chi connectivity index (χ3n) is 5.95. The molecular formula is C22H27Cl2HfSi. The van der Waals surface area contributed by atoms with E-state index in [1.54, 1.807) is 5.17 Å². The van der Waals surface area contributed by atoms with Crippen LogP contribution in [0.3, 0.4) is 0 Å². The van der Waals surface area contributed by atoms with Crippen molar-refractivity contribution in [2.24, 2.45) is 5.92 Å². The first-order valence-electron chi connectivity index (χ1n) is 9.39. The quantitative estimate of drug-likeness (QED) is 0.316. The number of halogens is 2. The summed E-state index contributed by atoms with van der Waals surface area (Å²) >= 11 is -2.75. The van der Waals surface area contributed by atoms with Gasteiger partial charge in [0, 0.05) is 0 Å². The SMILES string of the molecule is CCC1=[C]([Hf]([Cl])[Cl])C2=CC=CC(=[Si](C)C)C(C)C2=C1C1=C(C)C(C)=CC1. The van der Waals surface area contributed by atoms with Gasteiger partial charge in [0.15, 0.2) is 0 Å². The molecule has 3 aliphatic carbocycles. The molecule has 3 rings (SSSR count). The second-order valence-corrected chi connectivity index (χ2v) is 21.6. The Hall–Kier alpha value is -0.0230. The molecule has 4 heteroatoms. The van der Waals surface area contributed by atoms with Crippen LogP contribution in [0.4, 0.5) is 0 Å². The molecule has 0 aliphatic heterocycles. The molecule has 0 N–H and O–H groups in total. The van der Waals surface area contributed by atoms with Gasteiger partial charge >= 0.3 is 176 Å². The Labute approximate surface area is 175 Å². The number of hydrogen-bond acceptors (Lipinski definition) is 0. The summed E-state index contributed by atoms with van der Waals surface area (Å²) < 4.78 is 1.34. The van der Waals surface area contributed by atoms with Gasteiger partial charge in [0.25, 0.3) is 0 Å². The third kappa shape index (κ3) is 3.40. The zero-order valence-corrected chi connectivity index (χ0v) is 22.7. The van der Waals surface area contributed by atoms with Gasteiger partial charge in [0.05, 0.1) is 0 Å². The van der Waals surface area contributed by atoms with E-state index in [1.165, 1.54) is 42.3 Å². The van der Waals surface area contributed by atoms with E-state index in [1.807, 2.05) is 0 Å². The van der Waals surface area contributed by atoms with E-state index in [0.717, 1.165) is 12.8 Å². The van der Waals surface area contributed by atoms with Crippen molar-refractivity contribution in [3.05, 3.63) is 66.6 Å². The minimum atomic E-state index is -2.75. The molecule has 0 aromatic rings. The molecule has 0 radical (unpaired) electrons. The van der Waals surface area contributed by atoms with Crippen LogP contribution in [-0.2, 0) is 19.1 Å². The van der Waals surface area contributed by atoms with E-state index in [2.05, 4.69) is 65.1 Å². The van der Waals surface area contributed by atoms with Gasteiger partial charge < -0.3 is 0 Å². The summed E-state index contributed by atoms with van der Waals surface area (Å²) in [6.45, 7) is 13.9. The molecule has 0 fully saturated rings. The summed E-state index contributed by atoms with van der Waals surface area (Å²) in [6.07, 6.45) is 11.3. The van der Waals surface area contributed by atoms with Crippen molar-refractivity contribution >= 4 is 30.7 Å². The van der Waals surface area contributed by atoms with Gasteiger partial charge in [0.2, 0.25) is 0 Å². The van der Waals surface area contributed by atoms with Gasteiger partial charge in [-0.3, -0.25) is 0 Å². The average Bonchev–Trinajstić information content (AvgIpc) is 3.02. The van der Waals surface area contributed by atoms with E-state index in [4.69, 9.17) is 17.2 Å². The predicted octanol–water partition coefficient (Wildman–Crippen LogP) is 7.19. The summed E-state index contributed by atoms with van der Waals surface area (Å²) in [5.74, 6) is 0.443. The molecule has 0 spiro atoms. The number of rotatable bonds is 3. The molecule has 0 bridgehead atoms. The van der Waals surface area contributed by atoms with E-state index >= 15 is 0 Å². The standard InChI is InChI=1S/C22H27Si.2ClH.Hf/c1-7-17-13-18-9-8-10-20(23(5)6)16(4)21(18)22(17)19-12-11-14(2)15(19)3;;;/h8-11,16H,7,12H2,1-6H3;2*1H;/q;;;+2/p-2.